The lowest BCUT2D eigenvalue weighted by Crippen LogP contribution is -2.35. The monoisotopic (exact) mass is 234 g/mol. The van der Waals surface area contributed by atoms with Crippen LogP contribution in [0.5, 0.6) is 0 Å². The third-order valence-corrected chi connectivity index (χ3v) is 3.89. The highest BCUT2D eigenvalue weighted by atomic mass is 16.5. The summed E-state index contributed by atoms with van der Waals surface area (Å²) in [6.07, 6.45) is 4.87. The highest BCUT2D eigenvalue weighted by Gasteiger charge is 2.35. The highest BCUT2D eigenvalue weighted by molar-refractivity contribution is 5.29. The summed E-state index contributed by atoms with van der Waals surface area (Å²) in [6, 6.07) is 8.33. The van der Waals surface area contributed by atoms with Gasteiger partial charge in [0.15, 0.2) is 0 Å². The lowest BCUT2D eigenvalue weighted by Gasteiger charge is -2.36. The number of hydrogen-bond donors (Lipinski definition) is 1. The smallest absolute Gasteiger partial charge is 0.0921 e. The number of methoxy groups -OCH3 is 1. The van der Waals surface area contributed by atoms with Crippen LogP contribution in [-0.4, -0.2) is 18.3 Å². The van der Waals surface area contributed by atoms with Crippen molar-refractivity contribution in [3.05, 3.63) is 35.4 Å². The summed E-state index contributed by atoms with van der Waals surface area (Å²) in [5, 5.41) is 10.8. The highest BCUT2D eigenvalue weighted by Crippen LogP contribution is 2.38. The molecule has 2 unspecified atom stereocenters. The van der Waals surface area contributed by atoms with Crippen LogP contribution in [0, 0.1) is 0 Å². The minimum absolute atomic E-state index is 0.194. The van der Waals surface area contributed by atoms with Gasteiger partial charge in [0, 0.05) is 13.5 Å². The SMILES string of the molecule is CCc1cccc(C2(O)CCCC(OC)C2)c1. The Hall–Kier alpha value is -0.860. The van der Waals surface area contributed by atoms with Gasteiger partial charge in [-0.2, -0.15) is 0 Å². The van der Waals surface area contributed by atoms with Crippen molar-refractivity contribution >= 4 is 0 Å². The molecule has 17 heavy (non-hydrogen) atoms. The van der Waals surface area contributed by atoms with Crippen molar-refractivity contribution in [1.82, 2.24) is 0 Å². The molecule has 0 bridgehead atoms. The van der Waals surface area contributed by atoms with Crippen molar-refractivity contribution in [3.63, 3.8) is 0 Å². The fraction of sp³-hybridized carbons (Fsp3) is 0.600. The van der Waals surface area contributed by atoms with Gasteiger partial charge in [-0.3, -0.25) is 0 Å². The van der Waals surface area contributed by atoms with Crippen LogP contribution in [0.2, 0.25) is 0 Å². The maximum Gasteiger partial charge on any atom is 0.0921 e. The number of rotatable bonds is 3. The molecule has 1 saturated carbocycles. The third kappa shape index (κ3) is 2.70. The zero-order chi connectivity index (χ0) is 12.3. The van der Waals surface area contributed by atoms with Gasteiger partial charge in [-0.15, -0.1) is 0 Å². The molecular formula is C15H22O2. The molecule has 0 aromatic heterocycles. The van der Waals surface area contributed by atoms with Crippen LogP contribution in [0.25, 0.3) is 0 Å². The van der Waals surface area contributed by atoms with Crippen LogP contribution in [0.3, 0.4) is 0 Å². The van der Waals surface area contributed by atoms with Gasteiger partial charge in [0.2, 0.25) is 0 Å². The molecule has 2 rings (SSSR count). The Morgan fingerprint density at radius 1 is 1.47 bits per heavy atom. The van der Waals surface area contributed by atoms with Gasteiger partial charge in [0.05, 0.1) is 11.7 Å². The average Bonchev–Trinajstić information content (AvgIpc) is 2.39. The number of benzene rings is 1. The standard InChI is InChI=1S/C15H22O2/c1-3-12-6-4-7-13(10-12)15(16)9-5-8-14(11-15)17-2/h4,6-7,10,14,16H,3,5,8-9,11H2,1-2H3. The van der Waals surface area contributed by atoms with E-state index in [1.54, 1.807) is 7.11 Å². The third-order valence-electron chi connectivity index (χ3n) is 3.89. The van der Waals surface area contributed by atoms with E-state index in [1.807, 2.05) is 12.1 Å². The fourth-order valence-electron chi connectivity index (χ4n) is 2.75. The maximum atomic E-state index is 10.8. The van der Waals surface area contributed by atoms with Gasteiger partial charge in [-0.25, -0.2) is 0 Å². The molecule has 0 radical (unpaired) electrons. The van der Waals surface area contributed by atoms with E-state index in [2.05, 4.69) is 19.1 Å². The second-order valence-corrected chi connectivity index (χ2v) is 5.04. The Labute approximate surface area is 104 Å². The molecule has 94 valence electrons. The molecule has 0 heterocycles. The van der Waals surface area contributed by atoms with Crippen LogP contribution in [-0.2, 0) is 16.8 Å². The zero-order valence-corrected chi connectivity index (χ0v) is 10.8. The van der Waals surface area contributed by atoms with Gasteiger partial charge >= 0.3 is 0 Å². The summed E-state index contributed by atoms with van der Waals surface area (Å²) >= 11 is 0. The summed E-state index contributed by atoms with van der Waals surface area (Å²) in [6.45, 7) is 2.14. The van der Waals surface area contributed by atoms with Gasteiger partial charge < -0.3 is 9.84 Å². The van der Waals surface area contributed by atoms with E-state index in [0.29, 0.717) is 0 Å². The Morgan fingerprint density at radius 2 is 2.29 bits per heavy atom. The quantitative estimate of drug-likeness (QED) is 0.871. The van der Waals surface area contributed by atoms with Crippen LogP contribution in [0.1, 0.15) is 43.7 Å². The zero-order valence-electron chi connectivity index (χ0n) is 10.8. The van der Waals surface area contributed by atoms with Crippen molar-refractivity contribution in [2.45, 2.75) is 50.7 Å². The molecular weight excluding hydrogens is 212 g/mol. The van der Waals surface area contributed by atoms with E-state index in [0.717, 1.165) is 37.7 Å². The van der Waals surface area contributed by atoms with E-state index in [1.165, 1.54) is 5.56 Å². The van der Waals surface area contributed by atoms with E-state index < -0.39 is 5.60 Å². The molecule has 2 nitrogen and oxygen atoms in total. The lowest BCUT2D eigenvalue weighted by molar-refractivity contribution is -0.0632. The van der Waals surface area contributed by atoms with E-state index in [-0.39, 0.29) is 6.10 Å². The summed E-state index contributed by atoms with van der Waals surface area (Å²) in [5.41, 5.74) is 1.65. The molecule has 1 fully saturated rings. The van der Waals surface area contributed by atoms with Gasteiger partial charge in [-0.1, -0.05) is 31.2 Å². The minimum atomic E-state index is -0.690. The van der Waals surface area contributed by atoms with Crippen LogP contribution >= 0.6 is 0 Å². The fourth-order valence-corrected chi connectivity index (χ4v) is 2.75. The molecule has 2 heteroatoms. The molecule has 0 spiro atoms. The lowest BCUT2D eigenvalue weighted by atomic mass is 9.78. The number of aryl methyl sites for hydroxylation is 1. The van der Waals surface area contributed by atoms with E-state index in [4.69, 9.17) is 4.74 Å². The second-order valence-electron chi connectivity index (χ2n) is 5.04. The topological polar surface area (TPSA) is 29.5 Å². The van der Waals surface area contributed by atoms with Gasteiger partial charge in [-0.05, 0) is 36.8 Å². The largest absolute Gasteiger partial charge is 0.385 e. The van der Waals surface area contributed by atoms with Gasteiger partial charge in [0.25, 0.3) is 0 Å². The van der Waals surface area contributed by atoms with Crippen molar-refractivity contribution in [2.75, 3.05) is 7.11 Å². The van der Waals surface area contributed by atoms with Crippen molar-refractivity contribution < 1.29 is 9.84 Å². The van der Waals surface area contributed by atoms with Crippen LogP contribution < -0.4 is 0 Å². The molecule has 1 N–H and O–H groups in total. The van der Waals surface area contributed by atoms with Crippen LogP contribution in [0.4, 0.5) is 0 Å². The average molecular weight is 234 g/mol. The molecule has 0 amide bonds. The first kappa shape index (κ1) is 12.6. The number of ether oxygens (including phenoxy) is 1. The predicted octanol–water partition coefficient (Wildman–Crippen LogP) is 3.03. The summed E-state index contributed by atoms with van der Waals surface area (Å²) in [4.78, 5) is 0. The minimum Gasteiger partial charge on any atom is -0.385 e. The van der Waals surface area contributed by atoms with Gasteiger partial charge in [0.1, 0.15) is 0 Å². The Bertz CT molecular complexity index is 375. The molecule has 1 aromatic carbocycles. The predicted molar refractivity (Wildman–Crippen MR) is 69.0 cm³/mol. The van der Waals surface area contributed by atoms with Crippen molar-refractivity contribution in [1.29, 1.82) is 0 Å². The normalized spacial score (nSPS) is 29.2. The molecule has 0 saturated heterocycles. The van der Waals surface area contributed by atoms with E-state index >= 15 is 0 Å². The first-order valence-corrected chi connectivity index (χ1v) is 6.52. The summed E-state index contributed by atoms with van der Waals surface area (Å²) in [5.74, 6) is 0. The first-order chi connectivity index (χ1) is 8.18. The molecule has 1 aliphatic carbocycles. The van der Waals surface area contributed by atoms with Crippen LogP contribution in [0.15, 0.2) is 24.3 Å². The maximum absolute atomic E-state index is 10.8. The molecule has 1 aromatic rings. The summed E-state index contributed by atoms with van der Waals surface area (Å²) < 4.78 is 5.40. The Balaban J connectivity index is 2.23. The van der Waals surface area contributed by atoms with E-state index in [9.17, 15) is 5.11 Å². The first-order valence-electron chi connectivity index (χ1n) is 6.52. The number of hydrogen-bond acceptors (Lipinski definition) is 2. The number of aliphatic hydroxyl groups is 1. The molecule has 1 aliphatic rings. The Morgan fingerprint density at radius 3 is 3.00 bits per heavy atom. The molecule has 2 atom stereocenters. The van der Waals surface area contributed by atoms with Crippen molar-refractivity contribution in [2.24, 2.45) is 0 Å². The molecule has 0 aliphatic heterocycles. The van der Waals surface area contributed by atoms with Crippen molar-refractivity contribution in [3.8, 4) is 0 Å². The Kier molecular flexibility index (Phi) is 3.85. The second kappa shape index (κ2) is 5.19. The summed E-state index contributed by atoms with van der Waals surface area (Å²) in [7, 11) is 1.73.